The van der Waals surface area contributed by atoms with Crippen molar-refractivity contribution in [2.45, 2.75) is 12.5 Å². The zero-order chi connectivity index (χ0) is 10.3. The van der Waals surface area contributed by atoms with Gasteiger partial charge in [-0.15, -0.1) is 0 Å². The molecule has 7 heteroatoms. The molecule has 2 heterocycles. The van der Waals surface area contributed by atoms with Crippen molar-refractivity contribution in [3.8, 4) is 11.6 Å². The molecule has 1 aliphatic heterocycles. The van der Waals surface area contributed by atoms with Gasteiger partial charge in [-0.2, -0.15) is 18.2 Å². The topological polar surface area (TPSA) is 31.4 Å². The maximum atomic E-state index is 12.6. The van der Waals surface area contributed by atoms with Crippen LogP contribution in [-0.2, 0) is 0 Å². The van der Waals surface area contributed by atoms with Crippen LogP contribution in [0.1, 0.15) is 0 Å². The van der Waals surface area contributed by atoms with Crippen molar-refractivity contribution in [3.05, 3.63) is 17.3 Å². The van der Waals surface area contributed by atoms with Crippen molar-refractivity contribution in [1.29, 1.82) is 0 Å². The molecule has 0 saturated carbocycles. The Balaban J connectivity index is 2.41. The summed E-state index contributed by atoms with van der Waals surface area (Å²) < 4.78 is 46.0. The first kappa shape index (κ1) is 9.39. The number of alkyl halides is 3. The Morgan fingerprint density at radius 2 is 2.14 bits per heavy atom. The summed E-state index contributed by atoms with van der Waals surface area (Å²) in [6, 6.07) is 2.48. The van der Waals surface area contributed by atoms with Crippen LogP contribution in [0.5, 0.6) is 11.6 Å². The van der Waals surface area contributed by atoms with Crippen LogP contribution in [-0.4, -0.2) is 17.5 Å². The maximum Gasteiger partial charge on any atom is 0.469 e. The average Bonchev–Trinajstić information content (AvgIpc) is 2.07. The van der Waals surface area contributed by atoms with Gasteiger partial charge in [-0.25, -0.2) is 0 Å². The number of ether oxygens (including phenoxy) is 2. The van der Waals surface area contributed by atoms with Crippen molar-refractivity contribution in [2.24, 2.45) is 0 Å². The third-order valence-electron chi connectivity index (χ3n) is 1.52. The fraction of sp³-hybridized carbons (Fsp3) is 0.286. The summed E-state index contributed by atoms with van der Waals surface area (Å²) in [5.41, 5.74) is 0. The zero-order valence-electron chi connectivity index (χ0n) is 6.51. The third kappa shape index (κ3) is 1.45. The van der Waals surface area contributed by atoms with E-state index in [9.17, 15) is 13.2 Å². The van der Waals surface area contributed by atoms with E-state index < -0.39 is 18.3 Å². The van der Waals surface area contributed by atoms with Crippen LogP contribution in [0.25, 0.3) is 0 Å². The highest BCUT2D eigenvalue weighted by molar-refractivity contribution is 6.29. The van der Waals surface area contributed by atoms with Crippen molar-refractivity contribution < 1.29 is 22.6 Å². The van der Waals surface area contributed by atoms with Crippen LogP contribution >= 0.6 is 11.6 Å². The molecule has 0 N–H and O–H groups in total. The Hall–Kier alpha value is -1.17. The minimum Gasteiger partial charge on any atom is -0.446 e. The fourth-order valence-electron chi connectivity index (χ4n) is 0.923. The van der Waals surface area contributed by atoms with E-state index in [1.807, 2.05) is 0 Å². The summed E-state index contributed by atoms with van der Waals surface area (Å²) in [6.07, 6.45) is -6.87. The molecule has 0 fully saturated rings. The summed E-state index contributed by atoms with van der Waals surface area (Å²) in [5.74, 6) is -0.718. The third-order valence-corrected chi connectivity index (χ3v) is 1.73. The van der Waals surface area contributed by atoms with Gasteiger partial charge in [-0.05, 0) is 12.1 Å². The number of pyridine rings is 1. The number of aromatic nitrogens is 1. The molecule has 0 radical (unpaired) electrons. The van der Waals surface area contributed by atoms with E-state index in [-0.39, 0.29) is 10.9 Å². The number of hydrogen-bond acceptors (Lipinski definition) is 3. The monoisotopic (exact) mass is 225 g/mol. The van der Waals surface area contributed by atoms with Gasteiger partial charge in [-0.3, -0.25) is 0 Å². The second-order valence-electron chi connectivity index (χ2n) is 2.54. The summed E-state index contributed by atoms with van der Waals surface area (Å²) >= 11 is 5.42. The first-order valence-electron chi connectivity index (χ1n) is 3.53. The molecule has 0 aliphatic carbocycles. The molecule has 1 aromatic heterocycles. The second kappa shape index (κ2) is 2.91. The largest absolute Gasteiger partial charge is 0.469 e. The molecule has 3 nitrogen and oxygen atoms in total. The average molecular weight is 226 g/mol. The lowest BCUT2D eigenvalue weighted by molar-refractivity contribution is -0.283. The lowest BCUT2D eigenvalue weighted by Gasteiger charge is -2.27. The first-order chi connectivity index (χ1) is 6.49. The normalized spacial score (nSPS) is 23.3. The highest BCUT2D eigenvalue weighted by atomic mass is 35.5. The predicted molar refractivity (Wildman–Crippen MR) is 40.3 cm³/mol. The van der Waals surface area contributed by atoms with Crippen molar-refractivity contribution >= 4 is 11.6 Å². The standard InChI is InChI=1S/C7H3ClF3NO2/c8-4-2-1-3-5(12-4)14-7(10,11)6(9)13-3/h1-2,6H. The van der Waals surface area contributed by atoms with Gasteiger partial charge in [0.2, 0.25) is 0 Å². The summed E-state index contributed by atoms with van der Waals surface area (Å²) in [6.45, 7) is 0. The number of rotatable bonds is 0. The van der Waals surface area contributed by atoms with Crippen LogP contribution in [0, 0.1) is 0 Å². The van der Waals surface area contributed by atoms with E-state index in [0.717, 1.165) is 0 Å². The lowest BCUT2D eigenvalue weighted by atomic mass is 10.4. The number of nitrogens with zero attached hydrogens (tertiary/aromatic N) is 1. The van der Waals surface area contributed by atoms with Gasteiger partial charge in [0.25, 0.3) is 5.88 Å². The van der Waals surface area contributed by atoms with Gasteiger partial charge < -0.3 is 9.47 Å². The van der Waals surface area contributed by atoms with Crippen molar-refractivity contribution in [1.82, 2.24) is 4.98 Å². The van der Waals surface area contributed by atoms with Crippen LogP contribution in [0.2, 0.25) is 5.15 Å². The van der Waals surface area contributed by atoms with Crippen LogP contribution < -0.4 is 9.47 Å². The molecule has 0 saturated heterocycles. The van der Waals surface area contributed by atoms with E-state index in [1.54, 1.807) is 0 Å². The summed E-state index contributed by atoms with van der Waals surface area (Å²) in [4.78, 5) is 3.42. The van der Waals surface area contributed by atoms with E-state index >= 15 is 0 Å². The SMILES string of the molecule is FC1Oc2ccc(Cl)nc2OC1(F)F. The van der Waals surface area contributed by atoms with E-state index in [1.165, 1.54) is 12.1 Å². The molecule has 76 valence electrons. The minimum absolute atomic E-state index is 0.0412. The number of fused-ring (bicyclic) bond motifs is 1. The van der Waals surface area contributed by atoms with Crippen LogP contribution in [0.15, 0.2) is 12.1 Å². The molecule has 1 atom stereocenters. The highest BCUT2D eigenvalue weighted by Crippen LogP contribution is 2.39. The first-order valence-corrected chi connectivity index (χ1v) is 3.91. The molecule has 2 rings (SSSR count). The quantitative estimate of drug-likeness (QED) is 0.636. The Bertz CT molecular complexity index is 374. The van der Waals surface area contributed by atoms with E-state index in [0.29, 0.717) is 0 Å². The van der Waals surface area contributed by atoms with Gasteiger partial charge in [0.1, 0.15) is 5.15 Å². The summed E-state index contributed by atoms with van der Waals surface area (Å²) in [5, 5.41) is -0.0412. The van der Waals surface area contributed by atoms with Gasteiger partial charge in [0.05, 0.1) is 0 Å². The van der Waals surface area contributed by atoms with Crippen LogP contribution in [0.4, 0.5) is 13.2 Å². The van der Waals surface area contributed by atoms with Crippen molar-refractivity contribution in [3.63, 3.8) is 0 Å². The molecule has 0 bridgehead atoms. The van der Waals surface area contributed by atoms with Gasteiger partial charge >= 0.3 is 12.5 Å². The van der Waals surface area contributed by atoms with Crippen LogP contribution in [0.3, 0.4) is 0 Å². The summed E-state index contributed by atoms with van der Waals surface area (Å²) in [7, 11) is 0. The Morgan fingerprint density at radius 3 is 2.86 bits per heavy atom. The maximum absolute atomic E-state index is 12.6. The number of halogens is 4. The smallest absolute Gasteiger partial charge is 0.446 e. The fourth-order valence-corrected chi connectivity index (χ4v) is 1.06. The predicted octanol–water partition coefficient (Wildman–Crippen LogP) is 2.39. The van der Waals surface area contributed by atoms with E-state index in [2.05, 4.69) is 14.5 Å². The Labute approximate surface area is 81.4 Å². The van der Waals surface area contributed by atoms with Gasteiger partial charge in [0, 0.05) is 0 Å². The molecule has 1 aromatic rings. The number of hydrogen-bond donors (Lipinski definition) is 0. The Morgan fingerprint density at radius 1 is 1.43 bits per heavy atom. The lowest BCUT2D eigenvalue weighted by Crippen LogP contribution is -2.43. The molecular formula is C7H3ClF3NO2. The molecule has 0 aromatic carbocycles. The molecule has 0 amide bonds. The van der Waals surface area contributed by atoms with Gasteiger partial charge in [0.15, 0.2) is 5.75 Å². The highest BCUT2D eigenvalue weighted by Gasteiger charge is 2.50. The van der Waals surface area contributed by atoms with Crippen molar-refractivity contribution in [2.75, 3.05) is 0 Å². The van der Waals surface area contributed by atoms with E-state index in [4.69, 9.17) is 11.6 Å². The molecule has 0 spiro atoms. The molecule has 14 heavy (non-hydrogen) atoms. The molecular weight excluding hydrogens is 223 g/mol. The Kier molecular flexibility index (Phi) is 1.95. The van der Waals surface area contributed by atoms with Gasteiger partial charge in [-0.1, -0.05) is 11.6 Å². The minimum atomic E-state index is -4.04. The zero-order valence-corrected chi connectivity index (χ0v) is 7.26. The molecule has 1 aliphatic rings. The second-order valence-corrected chi connectivity index (χ2v) is 2.92. The molecule has 1 unspecified atom stereocenters.